The van der Waals surface area contributed by atoms with E-state index in [9.17, 15) is 4.79 Å². The molecule has 0 amide bonds. The first-order chi connectivity index (χ1) is 8.36. The molecule has 0 radical (unpaired) electrons. The molecule has 0 saturated heterocycles. The predicted molar refractivity (Wildman–Crippen MR) is 68.9 cm³/mol. The third-order valence-corrected chi connectivity index (χ3v) is 4.62. The first-order valence-electron chi connectivity index (χ1n) is 7.43. The number of unbranched alkanes of at least 4 members (excludes halogenated alkanes) is 4. The van der Waals surface area contributed by atoms with E-state index in [1.807, 2.05) is 0 Å². The van der Waals surface area contributed by atoms with Gasteiger partial charge >= 0.3 is 0 Å². The molecule has 0 aromatic carbocycles. The molecule has 0 N–H and O–H groups in total. The molecule has 2 aliphatic rings. The van der Waals surface area contributed by atoms with Crippen LogP contribution >= 0.6 is 0 Å². The highest BCUT2D eigenvalue weighted by molar-refractivity contribution is 5.56. The summed E-state index contributed by atoms with van der Waals surface area (Å²) in [5.74, 6) is 1.54. The third-order valence-electron chi connectivity index (χ3n) is 4.62. The average molecular weight is 238 g/mol. The first kappa shape index (κ1) is 13.1. The van der Waals surface area contributed by atoms with Gasteiger partial charge in [-0.2, -0.15) is 0 Å². The summed E-state index contributed by atoms with van der Waals surface area (Å²) in [4.78, 5) is 11.1. The van der Waals surface area contributed by atoms with Gasteiger partial charge in [-0.25, -0.2) is 0 Å². The summed E-state index contributed by atoms with van der Waals surface area (Å²) in [5, 5.41) is 0. The zero-order chi connectivity index (χ0) is 12.1. The lowest BCUT2D eigenvalue weighted by Gasteiger charge is -2.27. The second-order valence-corrected chi connectivity index (χ2v) is 5.80. The Hall–Kier alpha value is -0.370. The van der Waals surface area contributed by atoms with E-state index in [1.165, 1.54) is 51.4 Å². The van der Waals surface area contributed by atoms with Gasteiger partial charge in [-0.05, 0) is 37.5 Å². The van der Waals surface area contributed by atoms with Crippen molar-refractivity contribution in [1.82, 2.24) is 0 Å². The lowest BCUT2D eigenvalue weighted by atomic mass is 9.87. The van der Waals surface area contributed by atoms with Gasteiger partial charge in [0.25, 0.3) is 0 Å². The van der Waals surface area contributed by atoms with Crippen molar-refractivity contribution in [3.8, 4) is 0 Å². The topological polar surface area (TPSA) is 26.3 Å². The SMILES string of the molecule is CCCCCCCO[C@@H]1[C@H]2CC[C@H](C2)[C@H]1C=O. The molecule has 0 unspecified atom stereocenters. The van der Waals surface area contributed by atoms with E-state index in [0.29, 0.717) is 11.8 Å². The monoisotopic (exact) mass is 238 g/mol. The van der Waals surface area contributed by atoms with Crippen LogP contribution in [0.15, 0.2) is 0 Å². The fourth-order valence-electron chi connectivity index (χ4n) is 3.64. The summed E-state index contributed by atoms with van der Waals surface area (Å²) in [6.07, 6.45) is 11.6. The molecule has 2 fully saturated rings. The van der Waals surface area contributed by atoms with Crippen LogP contribution in [-0.2, 0) is 9.53 Å². The number of fused-ring (bicyclic) bond motifs is 2. The fraction of sp³-hybridized carbons (Fsp3) is 0.933. The van der Waals surface area contributed by atoms with Gasteiger partial charge < -0.3 is 9.53 Å². The minimum Gasteiger partial charge on any atom is -0.377 e. The predicted octanol–water partition coefficient (Wildman–Crippen LogP) is 3.59. The quantitative estimate of drug-likeness (QED) is 0.477. The molecule has 0 heterocycles. The van der Waals surface area contributed by atoms with Crippen LogP contribution in [0.5, 0.6) is 0 Å². The van der Waals surface area contributed by atoms with Crippen molar-refractivity contribution in [2.24, 2.45) is 17.8 Å². The van der Waals surface area contributed by atoms with Crippen LogP contribution in [0, 0.1) is 17.8 Å². The van der Waals surface area contributed by atoms with Crippen molar-refractivity contribution in [3.05, 3.63) is 0 Å². The van der Waals surface area contributed by atoms with E-state index in [0.717, 1.165) is 12.9 Å². The maximum absolute atomic E-state index is 11.1. The molecule has 0 spiro atoms. The van der Waals surface area contributed by atoms with Crippen molar-refractivity contribution < 1.29 is 9.53 Å². The molecule has 2 heteroatoms. The molecular formula is C15H26O2. The summed E-state index contributed by atoms with van der Waals surface area (Å²) in [6, 6.07) is 0. The maximum atomic E-state index is 11.1. The van der Waals surface area contributed by atoms with E-state index >= 15 is 0 Å². The van der Waals surface area contributed by atoms with Crippen LogP contribution < -0.4 is 0 Å². The molecule has 2 aliphatic carbocycles. The van der Waals surface area contributed by atoms with Crippen LogP contribution in [0.1, 0.15) is 58.3 Å². The maximum Gasteiger partial charge on any atom is 0.125 e. The number of hydrogen-bond donors (Lipinski definition) is 0. The third kappa shape index (κ3) is 3.09. The minimum absolute atomic E-state index is 0.212. The lowest BCUT2D eigenvalue weighted by molar-refractivity contribution is -0.118. The molecule has 2 bridgehead atoms. The molecule has 4 atom stereocenters. The molecule has 2 rings (SSSR count). The van der Waals surface area contributed by atoms with E-state index in [1.54, 1.807) is 0 Å². The number of carbonyl (C=O) groups excluding carboxylic acids is 1. The Balaban J connectivity index is 1.63. The number of hydrogen-bond acceptors (Lipinski definition) is 2. The Kier molecular flexibility index (Phi) is 5.02. The largest absolute Gasteiger partial charge is 0.377 e. The molecular weight excluding hydrogens is 212 g/mol. The highest BCUT2D eigenvalue weighted by Gasteiger charge is 2.48. The fourth-order valence-corrected chi connectivity index (χ4v) is 3.64. The van der Waals surface area contributed by atoms with Gasteiger partial charge in [0, 0.05) is 12.5 Å². The zero-order valence-corrected chi connectivity index (χ0v) is 11.1. The van der Waals surface area contributed by atoms with Crippen LogP contribution in [0.3, 0.4) is 0 Å². The van der Waals surface area contributed by atoms with Crippen molar-refractivity contribution in [1.29, 1.82) is 0 Å². The summed E-state index contributed by atoms with van der Waals surface area (Å²) >= 11 is 0. The number of carbonyl (C=O) groups is 1. The van der Waals surface area contributed by atoms with Crippen molar-refractivity contribution in [2.45, 2.75) is 64.4 Å². The highest BCUT2D eigenvalue weighted by atomic mass is 16.5. The Bertz CT molecular complexity index is 239. The summed E-state index contributed by atoms with van der Waals surface area (Å²) < 4.78 is 5.99. The van der Waals surface area contributed by atoms with Gasteiger partial charge in [0.2, 0.25) is 0 Å². The zero-order valence-electron chi connectivity index (χ0n) is 11.1. The lowest BCUT2D eigenvalue weighted by Crippen LogP contribution is -2.31. The minimum atomic E-state index is 0.212. The van der Waals surface area contributed by atoms with Crippen molar-refractivity contribution in [2.75, 3.05) is 6.61 Å². The highest BCUT2D eigenvalue weighted by Crippen LogP contribution is 2.49. The van der Waals surface area contributed by atoms with Gasteiger partial charge in [0.1, 0.15) is 6.29 Å². The second kappa shape index (κ2) is 6.53. The first-order valence-corrected chi connectivity index (χ1v) is 7.43. The van der Waals surface area contributed by atoms with E-state index in [2.05, 4.69) is 6.92 Å². The Labute approximate surface area is 105 Å². The number of rotatable bonds is 8. The standard InChI is InChI=1S/C15H26O2/c1-2-3-4-5-6-9-17-15-13-8-7-12(10-13)14(15)11-16/h11-15H,2-10H2,1H3/t12-,13+,14-,15-/m1/s1. The molecule has 2 saturated carbocycles. The second-order valence-electron chi connectivity index (χ2n) is 5.80. The molecule has 0 aliphatic heterocycles. The Morgan fingerprint density at radius 2 is 1.88 bits per heavy atom. The molecule has 98 valence electrons. The van der Waals surface area contributed by atoms with E-state index in [-0.39, 0.29) is 12.0 Å². The number of aldehydes is 1. The van der Waals surface area contributed by atoms with Crippen LogP contribution in [-0.4, -0.2) is 19.0 Å². The van der Waals surface area contributed by atoms with Gasteiger partial charge in [-0.3, -0.25) is 0 Å². The molecule has 0 aromatic heterocycles. The van der Waals surface area contributed by atoms with E-state index < -0.39 is 0 Å². The van der Waals surface area contributed by atoms with Gasteiger partial charge in [-0.15, -0.1) is 0 Å². The molecule has 2 nitrogen and oxygen atoms in total. The van der Waals surface area contributed by atoms with E-state index in [4.69, 9.17) is 4.74 Å². The van der Waals surface area contributed by atoms with Crippen molar-refractivity contribution in [3.63, 3.8) is 0 Å². The number of ether oxygens (including phenoxy) is 1. The van der Waals surface area contributed by atoms with Gasteiger partial charge in [-0.1, -0.05) is 32.6 Å². The Morgan fingerprint density at radius 3 is 2.65 bits per heavy atom. The van der Waals surface area contributed by atoms with Gasteiger partial charge in [0.15, 0.2) is 0 Å². The normalized spacial score (nSPS) is 35.4. The van der Waals surface area contributed by atoms with Crippen molar-refractivity contribution >= 4 is 6.29 Å². The summed E-state index contributed by atoms with van der Waals surface area (Å²) in [5.41, 5.74) is 0. The van der Waals surface area contributed by atoms with Gasteiger partial charge in [0.05, 0.1) is 6.10 Å². The molecule has 17 heavy (non-hydrogen) atoms. The van der Waals surface area contributed by atoms with Crippen LogP contribution in [0.25, 0.3) is 0 Å². The summed E-state index contributed by atoms with van der Waals surface area (Å²) in [7, 11) is 0. The molecule has 0 aromatic rings. The summed E-state index contributed by atoms with van der Waals surface area (Å²) in [6.45, 7) is 3.10. The van der Waals surface area contributed by atoms with Crippen LogP contribution in [0.4, 0.5) is 0 Å². The average Bonchev–Trinajstić information content (AvgIpc) is 2.93. The Morgan fingerprint density at radius 1 is 1.12 bits per heavy atom. The smallest absolute Gasteiger partial charge is 0.125 e. The van der Waals surface area contributed by atoms with Crippen LogP contribution in [0.2, 0.25) is 0 Å².